The van der Waals surface area contributed by atoms with E-state index in [0.29, 0.717) is 6.10 Å². The van der Waals surface area contributed by atoms with Crippen LogP contribution in [0.3, 0.4) is 0 Å². The Morgan fingerprint density at radius 2 is 2.06 bits per heavy atom. The standard InChI is InChI=1S/C15H24O/c1-2-3-4-6-9-12-15-13-10-7-5-8-11-14(15)16-15/h14H,2-8,10-11,13H2,1H3. The molecule has 0 aromatic rings. The molecular formula is C15H24O. The summed E-state index contributed by atoms with van der Waals surface area (Å²) in [7, 11) is 0. The van der Waals surface area contributed by atoms with E-state index >= 15 is 0 Å². The van der Waals surface area contributed by atoms with Crippen LogP contribution in [0.25, 0.3) is 0 Å². The Bertz CT molecular complexity index is 273. The fraction of sp³-hybridized carbons (Fsp3) is 0.867. The van der Waals surface area contributed by atoms with E-state index in [0.717, 1.165) is 6.42 Å². The lowest BCUT2D eigenvalue weighted by atomic mass is 9.91. The number of hydrogen-bond acceptors (Lipinski definition) is 1. The van der Waals surface area contributed by atoms with Crippen molar-refractivity contribution in [2.75, 3.05) is 0 Å². The first-order valence-electron chi connectivity index (χ1n) is 7.05. The summed E-state index contributed by atoms with van der Waals surface area (Å²) in [6.07, 6.45) is 13.2. The van der Waals surface area contributed by atoms with Crippen LogP contribution in [0.5, 0.6) is 0 Å². The smallest absolute Gasteiger partial charge is 0.155 e. The van der Waals surface area contributed by atoms with Crippen molar-refractivity contribution in [1.29, 1.82) is 0 Å². The lowest BCUT2D eigenvalue weighted by Crippen LogP contribution is -2.14. The molecule has 90 valence electrons. The molecule has 1 nitrogen and oxygen atoms in total. The number of unbranched alkanes of at least 4 members (excludes halogenated alkanes) is 3. The van der Waals surface area contributed by atoms with Crippen LogP contribution >= 0.6 is 0 Å². The van der Waals surface area contributed by atoms with Crippen molar-refractivity contribution >= 4 is 0 Å². The second kappa shape index (κ2) is 5.73. The van der Waals surface area contributed by atoms with Crippen molar-refractivity contribution in [2.45, 2.75) is 82.8 Å². The SMILES string of the molecule is CCCCCC#CC12CCCCCCC1O2. The van der Waals surface area contributed by atoms with Gasteiger partial charge in [0.25, 0.3) is 0 Å². The van der Waals surface area contributed by atoms with Gasteiger partial charge in [-0.25, -0.2) is 0 Å². The molecule has 1 saturated heterocycles. The Balaban J connectivity index is 1.78. The van der Waals surface area contributed by atoms with Gasteiger partial charge in [-0.1, -0.05) is 44.9 Å². The van der Waals surface area contributed by atoms with Crippen LogP contribution < -0.4 is 0 Å². The van der Waals surface area contributed by atoms with Crippen molar-refractivity contribution in [3.63, 3.8) is 0 Å². The van der Waals surface area contributed by atoms with E-state index in [4.69, 9.17) is 4.74 Å². The molecule has 1 aliphatic heterocycles. The van der Waals surface area contributed by atoms with E-state index in [1.54, 1.807) is 0 Å². The third-order valence-electron chi connectivity index (χ3n) is 3.79. The fourth-order valence-electron chi connectivity index (χ4n) is 2.65. The van der Waals surface area contributed by atoms with Crippen LogP contribution in [0.2, 0.25) is 0 Å². The number of fused-ring (bicyclic) bond motifs is 1. The first-order chi connectivity index (χ1) is 7.87. The van der Waals surface area contributed by atoms with Crippen LogP contribution in [-0.4, -0.2) is 11.7 Å². The van der Waals surface area contributed by atoms with Crippen LogP contribution in [0.15, 0.2) is 0 Å². The molecule has 16 heavy (non-hydrogen) atoms. The largest absolute Gasteiger partial charge is 0.352 e. The zero-order chi connectivity index (χ0) is 11.3. The quantitative estimate of drug-likeness (QED) is 0.397. The molecule has 0 bridgehead atoms. The maximum absolute atomic E-state index is 5.86. The number of rotatable bonds is 3. The summed E-state index contributed by atoms with van der Waals surface area (Å²) >= 11 is 0. The van der Waals surface area contributed by atoms with Crippen LogP contribution in [-0.2, 0) is 4.74 Å². The fourth-order valence-corrected chi connectivity index (χ4v) is 2.65. The number of epoxide rings is 1. The lowest BCUT2D eigenvalue weighted by Gasteiger charge is -2.09. The molecule has 2 unspecified atom stereocenters. The van der Waals surface area contributed by atoms with Gasteiger partial charge < -0.3 is 4.74 Å². The van der Waals surface area contributed by atoms with Crippen LogP contribution in [0, 0.1) is 11.8 Å². The Labute approximate surface area is 99.9 Å². The molecule has 0 N–H and O–H groups in total. The average Bonchev–Trinajstić information content (AvgIpc) is 2.91. The molecule has 0 radical (unpaired) electrons. The van der Waals surface area contributed by atoms with E-state index in [-0.39, 0.29) is 5.60 Å². The van der Waals surface area contributed by atoms with Crippen molar-refractivity contribution < 1.29 is 4.74 Å². The van der Waals surface area contributed by atoms with Gasteiger partial charge in [-0.3, -0.25) is 0 Å². The van der Waals surface area contributed by atoms with Crippen LogP contribution in [0.4, 0.5) is 0 Å². The van der Waals surface area contributed by atoms with E-state index in [2.05, 4.69) is 18.8 Å². The zero-order valence-electron chi connectivity index (χ0n) is 10.6. The van der Waals surface area contributed by atoms with Gasteiger partial charge >= 0.3 is 0 Å². The van der Waals surface area contributed by atoms with Gasteiger partial charge in [0.15, 0.2) is 5.60 Å². The minimum absolute atomic E-state index is 0.00658. The highest BCUT2D eigenvalue weighted by Gasteiger charge is 2.54. The summed E-state index contributed by atoms with van der Waals surface area (Å²) in [6, 6.07) is 0. The monoisotopic (exact) mass is 220 g/mol. The second-order valence-corrected chi connectivity index (χ2v) is 5.21. The van der Waals surface area contributed by atoms with Gasteiger partial charge in [-0.15, -0.1) is 5.92 Å². The molecule has 1 heterocycles. The van der Waals surface area contributed by atoms with E-state index < -0.39 is 0 Å². The molecule has 2 rings (SSSR count). The molecule has 2 aliphatic rings. The topological polar surface area (TPSA) is 12.5 Å². The van der Waals surface area contributed by atoms with Crippen molar-refractivity contribution in [3.8, 4) is 11.8 Å². The molecule has 1 aliphatic carbocycles. The predicted molar refractivity (Wildman–Crippen MR) is 67.2 cm³/mol. The molecule has 2 fully saturated rings. The summed E-state index contributed by atoms with van der Waals surface area (Å²) in [5.74, 6) is 6.77. The normalized spacial score (nSPS) is 32.9. The summed E-state index contributed by atoms with van der Waals surface area (Å²) in [5, 5.41) is 0. The third-order valence-corrected chi connectivity index (χ3v) is 3.79. The molecule has 2 atom stereocenters. The Morgan fingerprint density at radius 3 is 2.94 bits per heavy atom. The minimum atomic E-state index is 0.00658. The Morgan fingerprint density at radius 1 is 1.19 bits per heavy atom. The maximum atomic E-state index is 5.86. The highest BCUT2D eigenvalue weighted by Crippen LogP contribution is 2.45. The molecule has 0 amide bonds. The summed E-state index contributed by atoms with van der Waals surface area (Å²) in [4.78, 5) is 0. The van der Waals surface area contributed by atoms with Crippen molar-refractivity contribution in [1.82, 2.24) is 0 Å². The van der Waals surface area contributed by atoms with E-state index in [1.807, 2.05) is 0 Å². The van der Waals surface area contributed by atoms with Gasteiger partial charge in [-0.05, 0) is 25.7 Å². The third kappa shape index (κ3) is 3.01. The highest BCUT2D eigenvalue weighted by molar-refractivity contribution is 5.25. The number of hydrogen-bond donors (Lipinski definition) is 0. The Hall–Kier alpha value is -0.480. The highest BCUT2D eigenvalue weighted by atomic mass is 16.6. The van der Waals surface area contributed by atoms with Crippen molar-refractivity contribution in [3.05, 3.63) is 0 Å². The molecular weight excluding hydrogens is 196 g/mol. The summed E-state index contributed by atoms with van der Waals surface area (Å²) < 4.78 is 5.86. The Kier molecular flexibility index (Phi) is 4.29. The molecule has 0 aromatic carbocycles. The predicted octanol–water partition coefficient (Wildman–Crippen LogP) is 4.06. The van der Waals surface area contributed by atoms with Crippen molar-refractivity contribution in [2.24, 2.45) is 0 Å². The lowest BCUT2D eigenvalue weighted by molar-refractivity contribution is 0.322. The first-order valence-corrected chi connectivity index (χ1v) is 7.05. The van der Waals surface area contributed by atoms with E-state index in [9.17, 15) is 0 Å². The summed E-state index contributed by atoms with van der Waals surface area (Å²) in [5.41, 5.74) is 0.00658. The molecule has 1 saturated carbocycles. The van der Waals surface area contributed by atoms with Crippen LogP contribution in [0.1, 0.15) is 71.1 Å². The molecule has 0 aromatic heterocycles. The zero-order valence-corrected chi connectivity index (χ0v) is 10.6. The van der Waals surface area contributed by atoms with Gasteiger partial charge in [-0.2, -0.15) is 0 Å². The first kappa shape index (κ1) is 12.0. The van der Waals surface area contributed by atoms with E-state index in [1.165, 1.54) is 57.8 Å². The number of ether oxygens (including phenoxy) is 1. The van der Waals surface area contributed by atoms with Gasteiger partial charge in [0.2, 0.25) is 0 Å². The van der Waals surface area contributed by atoms with Gasteiger partial charge in [0, 0.05) is 6.42 Å². The minimum Gasteiger partial charge on any atom is -0.352 e. The molecule has 0 spiro atoms. The summed E-state index contributed by atoms with van der Waals surface area (Å²) in [6.45, 7) is 2.24. The second-order valence-electron chi connectivity index (χ2n) is 5.21. The average molecular weight is 220 g/mol. The maximum Gasteiger partial charge on any atom is 0.155 e. The van der Waals surface area contributed by atoms with Gasteiger partial charge in [0.05, 0.1) is 6.10 Å². The van der Waals surface area contributed by atoms with Gasteiger partial charge in [0.1, 0.15) is 0 Å². The molecule has 1 heteroatoms.